The first kappa shape index (κ1) is 9.68. The summed E-state index contributed by atoms with van der Waals surface area (Å²) in [6.45, 7) is 4.90. The van der Waals surface area contributed by atoms with Gasteiger partial charge in [-0.25, -0.2) is 0 Å². The highest BCUT2D eigenvalue weighted by molar-refractivity contribution is 6.94. The molecule has 0 amide bonds. The predicted octanol–water partition coefficient (Wildman–Crippen LogP) is 1.90. The molecule has 0 saturated heterocycles. The number of aliphatic hydroxyl groups excluding tert-OH is 1. The molecule has 1 nitrogen and oxygen atoms in total. The fourth-order valence-corrected chi connectivity index (χ4v) is 4.82. The van der Waals surface area contributed by atoms with Crippen LogP contribution in [-0.2, 0) is 0 Å². The third kappa shape index (κ3) is 1.26. The lowest BCUT2D eigenvalue weighted by Gasteiger charge is -2.32. The van der Waals surface area contributed by atoms with Gasteiger partial charge in [-0.2, -0.15) is 0 Å². The minimum Gasteiger partial charge on any atom is -0.395 e. The molecule has 74 valence electrons. The zero-order valence-corrected chi connectivity index (χ0v) is 9.70. The maximum atomic E-state index is 9.43. The highest BCUT2D eigenvalue weighted by Gasteiger charge is 2.50. The van der Waals surface area contributed by atoms with Crippen molar-refractivity contribution in [3.8, 4) is 0 Å². The minimum absolute atomic E-state index is 0.0361. The van der Waals surface area contributed by atoms with Crippen molar-refractivity contribution in [3.05, 3.63) is 42.5 Å². The summed E-state index contributed by atoms with van der Waals surface area (Å²) >= 11 is 0. The van der Waals surface area contributed by atoms with Crippen molar-refractivity contribution in [1.29, 1.82) is 0 Å². The molecule has 1 aliphatic rings. The summed E-state index contributed by atoms with van der Waals surface area (Å²) in [7, 11) is -1.56. The summed E-state index contributed by atoms with van der Waals surface area (Å²) in [4.78, 5) is 0. The van der Waals surface area contributed by atoms with Crippen LogP contribution in [0.1, 0.15) is 0 Å². The van der Waals surface area contributed by atoms with Crippen molar-refractivity contribution in [3.63, 3.8) is 0 Å². The van der Waals surface area contributed by atoms with Gasteiger partial charge in [-0.15, -0.1) is 0 Å². The lowest BCUT2D eigenvalue weighted by molar-refractivity contribution is 0.288. The van der Waals surface area contributed by atoms with Crippen LogP contribution >= 0.6 is 0 Å². The average Bonchev–Trinajstić information content (AvgIpc) is 3.00. The molecule has 2 heteroatoms. The normalized spacial score (nSPS) is 18.2. The Morgan fingerprint density at radius 1 is 1.14 bits per heavy atom. The molecule has 0 aromatic heterocycles. The molecule has 1 aromatic rings. The second kappa shape index (κ2) is 3.07. The molecule has 0 atom stereocenters. The fourth-order valence-electron chi connectivity index (χ4n) is 1.94. The molecule has 1 N–H and O–H groups in total. The van der Waals surface area contributed by atoms with Gasteiger partial charge in [0, 0.05) is 5.04 Å². The molecule has 0 unspecified atom stereocenters. The summed E-state index contributed by atoms with van der Waals surface area (Å²) in [5, 5.41) is 10.9. The molecule has 0 spiro atoms. The summed E-state index contributed by atoms with van der Waals surface area (Å²) in [6.07, 6.45) is 4.32. The highest BCUT2D eigenvalue weighted by Crippen LogP contribution is 2.50. The van der Waals surface area contributed by atoms with Gasteiger partial charge < -0.3 is 5.11 Å². The van der Waals surface area contributed by atoms with Gasteiger partial charge in [0.15, 0.2) is 0 Å². The zero-order valence-electron chi connectivity index (χ0n) is 8.70. The van der Waals surface area contributed by atoms with E-state index in [0.717, 1.165) is 0 Å². The fraction of sp³-hybridized carbons (Fsp3) is 0.333. The van der Waals surface area contributed by atoms with E-state index in [0.29, 0.717) is 0 Å². The van der Waals surface area contributed by atoms with E-state index in [1.54, 1.807) is 0 Å². The third-order valence-electron chi connectivity index (χ3n) is 3.49. The number of hydrogen-bond acceptors (Lipinski definition) is 1. The molecule has 0 bridgehead atoms. The van der Waals surface area contributed by atoms with E-state index in [1.807, 2.05) is 6.07 Å². The van der Waals surface area contributed by atoms with Gasteiger partial charge in [-0.05, 0) is 0 Å². The Bertz CT molecular complexity index is 348. The summed E-state index contributed by atoms with van der Waals surface area (Å²) in [6, 6.07) is 10.6. The van der Waals surface area contributed by atoms with Crippen LogP contribution in [0.15, 0.2) is 42.5 Å². The first-order chi connectivity index (χ1) is 6.62. The highest BCUT2D eigenvalue weighted by atomic mass is 28.3. The van der Waals surface area contributed by atoms with Crippen LogP contribution in [-0.4, -0.2) is 19.8 Å². The van der Waals surface area contributed by atoms with Crippen molar-refractivity contribution in [2.45, 2.75) is 18.1 Å². The molecule has 1 aromatic carbocycles. The third-order valence-corrected chi connectivity index (χ3v) is 8.09. The number of benzene rings is 1. The molecule has 2 rings (SSSR count). The first-order valence-corrected chi connectivity index (χ1v) is 7.99. The van der Waals surface area contributed by atoms with Crippen LogP contribution in [0.3, 0.4) is 0 Å². The van der Waals surface area contributed by atoms with Crippen LogP contribution in [0.4, 0.5) is 0 Å². The molecule has 1 aliphatic carbocycles. The minimum atomic E-state index is -1.56. The summed E-state index contributed by atoms with van der Waals surface area (Å²) in [5.41, 5.74) is 0. The maximum absolute atomic E-state index is 9.43. The van der Waals surface area contributed by atoms with Crippen molar-refractivity contribution in [2.75, 3.05) is 6.61 Å². The van der Waals surface area contributed by atoms with Gasteiger partial charge in [-0.1, -0.05) is 60.8 Å². The van der Waals surface area contributed by atoms with Crippen LogP contribution < -0.4 is 5.19 Å². The van der Waals surface area contributed by atoms with E-state index >= 15 is 0 Å². The molecular weight excluding hydrogens is 188 g/mol. The Kier molecular flexibility index (Phi) is 2.12. The number of rotatable bonds is 3. The van der Waals surface area contributed by atoms with Gasteiger partial charge in [0.2, 0.25) is 0 Å². The van der Waals surface area contributed by atoms with Gasteiger partial charge in [0.1, 0.15) is 0 Å². The van der Waals surface area contributed by atoms with Crippen molar-refractivity contribution in [1.82, 2.24) is 0 Å². The van der Waals surface area contributed by atoms with Gasteiger partial charge in [-0.3, -0.25) is 0 Å². The van der Waals surface area contributed by atoms with Crippen molar-refractivity contribution in [2.24, 2.45) is 0 Å². The van der Waals surface area contributed by atoms with Crippen LogP contribution in [0, 0.1) is 0 Å². The lowest BCUT2D eigenvalue weighted by atomic mass is 10.4. The summed E-state index contributed by atoms with van der Waals surface area (Å²) in [5.74, 6) is 0. The maximum Gasteiger partial charge on any atom is 0.0975 e. The molecule has 0 saturated carbocycles. The van der Waals surface area contributed by atoms with E-state index in [2.05, 4.69) is 49.5 Å². The quantitative estimate of drug-likeness (QED) is 0.589. The predicted molar refractivity (Wildman–Crippen MR) is 62.5 cm³/mol. The number of aliphatic hydroxyl groups is 1. The van der Waals surface area contributed by atoms with Crippen molar-refractivity contribution >= 4 is 13.3 Å². The largest absolute Gasteiger partial charge is 0.395 e. The molecule has 0 aliphatic heterocycles. The zero-order chi connectivity index (χ0) is 10.2. The Hall–Kier alpha value is -0.863. The second-order valence-electron chi connectivity index (χ2n) is 4.52. The average molecular weight is 204 g/mol. The smallest absolute Gasteiger partial charge is 0.0975 e. The van der Waals surface area contributed by atoms with E-state index in [1.165, 1.54) is 5.19 Å². The Labute approximate surface area is 86.1 Å². The van der Waals surface area contributed by atoms with E-state index < -0.39 is 8.07 Å². The molecule has 14 heavy (non-hydrogen) atoms. The van der Waals surface area contributed by atoms with Crippen LogP contribution in [0.2, 0.25) is 18.1 Å². The van der Waals surface area contributed by atoms with Crippen LogP contribution in [0.5, 0.6) is 0 Å². The lowest BCUT2D eigenvalue weighted by Crippen LogP contribution is -2.49. The Morgan fingerprint density at radius 3 is 2.14 bits per heavy atom. The monoisotopic (exact) mass is 204 g/mol. The molecule has 0 radical (unpaired) electrons. The molecule has 0 heterocycles. The van der Waals surface area contributed by atoms with Crippen LogP contribution in [0.25, 0.3) is 0 Å². The van der Waals surface area contributed by atoms with Crippen molar-refractivity contribution < 1.29 is 5.11 Å². The summed E-state index contributed by atoms with van der Waals surface area (Å²) < 4.78 is 0. The Balaban J connectivity index is 2.34. The van der Waals surface area contributed by atoms with Gasteiger partial charge in [0.25, 0.3) is 0 Å². The van der Waals surface area contributed by atoms with Gasteiger partial charge >= 0.3 is 0 Å². The van der Waals surface area contributed by atoms with E-state index in [4.69, 9.17) is 0 Å². The first-order valence-electron chi connectivity index (χ1n) is 4.99. The Morgan fingerprint density at radius 2 is 1.71 bits per heavy atom. The second-order valence-corrected chi connectivity index (χ2v) is 9.28. The molecular formula is C12H16OSi. The standard InChI is InChI=1S/C12H16OSi/c1-14(2,12(10-13)8-9-12)11-6-4-3-5-7-11/h3-9,13H,10H2,1-2H3. The van der Waals surface area contributed by atoms with E-state index in [-0.39, 0.29) is 11.6 Å². The number of hydrogen-bond donors (Lipinski definition) is 1. The molecule has 0 fully saturated rings. The van der Waals surface area contributed by atoms with E-state index in [9.17, 15) is 5.11 Å². The SMILES string of the molecule is C[Si](C)(c1ccccc1)C1(CO)C=C1. The van der Waals surface area contributed by atoms with Gasteiger partial charge in [0.05, 0.1) is 14.7 Å². The topological polar surface area (TPSA) is 20.2 Å².